The van der Waals surface area contributed by atoms with Gasteiger partial charge < -0.3 is 19.7 Å². The third-order valence-electron chi connectivity index (χ3n) is 2.26. The van der Waals surface area contributed by atoms with E-state index in [9.17, 15) is 15.0 Å². The van der Waals surface area contributed by atoms with Gasteiger partial charge in [-0.15, -0.1) is 0 Å². The third-order valence-corrected chi connectivity index (χ3v) is 2.26. The van der Waals surface area contributed by atoms with E-state index in [1.54, 1.807) is 19.1 Å². The Morgan fingerprint density at radius 2 is 2.18 bits per heavy atom. The van der Waals surface area contributed by atoms with Crippen LogP contribution in [0.3, 0.4) is 0 Å². The van der Waals surface area contributed by atoms with Crippen molar-refractivity contribution in [1.29, 1.82) is 0 Å². The highest BCUT2D eigenvalue weighted by molar-refractivity contribution is 5.77. The van der Waals surface area contributed by atoms with Crippen LogP contribution >= 0.6 is 0 Å². The van der Waals surface area contributed by atoms with Crippen molar-refractivity contribution >= 4 is 5.97 Å². The summed E-state index contributed by atoms with van der Waals surface area (Å²) in [7, 11) is 1.49. The van der Waals surface area contributed by atoms with E-state index >= 15 is 0 Å². The predicted molar refractivity (Wildman–Crippen MR) is 60.4 cm³/mol. The van der Waals surface area contributed by atoms with E-state index < -0.39 is 12.1 Å². The summed E-state index contributed by atoms with van der Waals surface area (Å²) in [4.78, 5) is 11.4. The molecule has 0 bridgehead atoms. The summed E-state index contributed by atoms with van der Waals surface area (Å²) in [5.74, 6) is -0.924. The number of phenols is 1. The Hall–Kier alpha value is -1.59. The molecule has 0 aromatic heterocycles. The number of ether oxygens (including phenoxy) is 2. The molecule has 1 unspecified atom stereocenters. The molecular formula is C12H16O5. The molecular weight excluding hydrogens is 224 g/mol. The Bertz CT molecular complexity index is 388. The van der Waals surface area contributed by atoms with Crippen LogP contribution in [0.5, 0.6) is 5.75 Å². The molecule has 0 radical (unpaired) electrons. The SMILES string of the molecule is CCOC(=O)C(O)c1cccc(COC)c1O. The van der Waals surface area contributed by atoms with E-state index in [1.807, 2.05) is 0 Å². The number of carbonyl (C=O) groups is 1. The number of benzene rings is 1. The van der Waals surface area contributed by atoms with Gasteiger partial charge in [0.15, 0.2) is 6.10 Å². The molecule has 2 N–H and O–H groups in total. The highest BCUT2D eigenvalue weighted by Gasteiger charge is 2.22. The normalized spacial score (nSPS) is 12.2. The number of rotatable bonds is 5. The maximum atomic E-state index is 11.4. The van der Waals surface area contributed by atoms with Gasteiger partial charge in [0, 0.05) is 18.2 Å². The van der Waals surface area contributed by atoms with Crippen LogP contribution in [0.1, 0.15) is 24.2 Å². The first kappa shape index (κ1) is 13.5. The quantitative estimate of drug-likeness (QED) is 0.755. The molecule has 5 nitrogen and oxygen atoms in total. The highest BCUT2D eigenvalue weighted by Crippen LogP contribution is 2.29. The maximum Gasteiger partial charge on any atom is 0.339 e. The number of hydrogen-bond donors (Lipinski definition) is 2. The molecule has 94 valence electrons. The van der Waals surface area contributed by atoms with Crippen molar-refractivity contribution < 1.29 is 24.5 Å². The van der Waals surface area contributed by atoms with Crippen LogP contribution in [0.15, 0.2) is 18.2 Å². The first-order chi connectivity index (χ1) is 8.11. The summed E-state index contributed by atoms with van der Waals surface area (Å²) in [5.41, 5.74) is 0.631. The largest absolute Gasteiger partial charge is 0.507 e. The fraction of sp³-hybridized carbons (Fsp3) is 0.417. The van der Waals surface area contributed by atoms with Crippen LogP contribution in [0, 0.1) is 0 Å². The first-order valence-corrected chi connectivity index (χ1v) is 5.26. The molecule has 0 aliphatic carbocycles. The molecule has 1 aromatic rings. The van der Waals surface area contributed by atoms with Crippen molar-refractivity contribution in [1.82, 2.24) is 0 Å². The van der Waals surface area contributed by atoms with Crippen molar-refractivity contribution in [2.75, 3.05) is 13.7 Å². The lowest BCUT2D eigenvalue weighted by Gasteiger charge is -2.13. The maximum absolute atomic E-state index is 11.4. The Morgan fingerprint density at radius 1 is 1.47 bits per heavy atom. The van der Waals surface area contributed by atoms with Crippen LogP contribution in [0.2, 0.25) is 0 Å². The lowest BCUT2D eigenvalue weighted by Crippen LogP contribution is -2.15. The highest BCUT2D eigenvalue weighted by atomic mass is 16.5. The summed E-state index contributed by atoms with van der Waals surface area (Å²) in [5, 5.41) is 19.6. The van der Waals surface area contributed by atoms with Crippen molar-refractivity contribution in [2.45, 2.75) is 19.6 Å². The molecule has 0 amide bonds. The minimum Gasteiger partial charge on any atom is -0.507 e. The molecule has 0 saturated carbocycles. The van der Waals surface area contributed by atoms with Gasteiger partial charge in [-0.05, 0) is 6.92 Å². The van der Waals surface area contributed by atoms with Crippen LogP contribution in [0.25, 0.3) is 0 Å². The number of aromatic hydroxyl groups is 1. The zero-order valence-electron chi connectivity index (χ0n) is 9.84. The van der Waals surface area contributed by atoms with E-state index in [2.05, 4.69) is 4.74 Å². The van der Waals surface area contributed by atoms with Gasteiger partial charge in [0.1, 0.15) is 5.75 Å². The fourth-order valence-corrected chi connectivity index (χ4v) is 1.45. The van der Waals surface area contributed by atoms with Crippen LogP contribution in [-0.2, 0) is 20.9 Å². The average Bonchev–Trinajstić information content (AvgIpc) is 2.31. The predicted octanol–water partition coefficient (Wildman–Crippen LogP) is 1.14. The van der Waals surface area contributed by atoms with Gasteiger partial charge in [-0.3, -0.25) is 0 Å². The van der Waals surface area contributed by atoms with E-state index in [4.69, 9.17) is 4.74 Å². The van der Waals surface area contributed by atoms with E-state index in [1.165, 1.54) is 13.2 Å². The number of phenolic OH excluding ortho intramolecular Hbond substituents is 1. The molecule has 0 aliphatic heterocycles. The topological polar surface area (TPSA) is 76.0 Å². The number of aliphatic hydroxyl groups is 1. The van der Waals surface area contributed by atoms with Crippen molar-refractivity contribution in [2.24, 2.45) is 0 Å². The lowest BCUT2D eigenvalue weighted by atomic mass is 10.0. The summed E-state index contributed by atoms with van der Waals surface area (Å²) in [6, 6.07) is 4.75. The second-order valence-electron chi connectivity index (χ2n) is 3.44. The zero-order valence-corrected chi connectivity index (χ0v) is 9.84. The minimum atomic E-state index is -1.48. The molecule has 1 rings (SSSR count). The molecule has 1 atom stereocenters. The van der Waals surface area contributed by atoms with Gasteiger partial charge in [-0.1, -0.05) is 18.2 Å². The Morgan fingerprint density at radius 3 is 2.76 bits per heavy atom. The fourth-order valence-electron chi connectivity index (χ4n) is 1.45. The first-order valence-electron chi connectivity index (χ1n) is 5.26. The van der Waals surface area contributed by atoms with E-state index in [0.717, 1.165) is 0 Å². The average molecular weight is 240 g/mol. The number of aliphatic hydroxyl groups excluding tert-OH is 1. The molecule has 0 fully saturated rings. The summed E-state index contributed by atoms with van der Waals surface area (Å²) >= 11 is 0. The molecule has 17 heavy (non-hydrogen) atoms. The standard InChI is InChI=1S/C12H16O5/c1-3-17-12(15)11(14)9-6-4-5-8(7-16-2)10(9)13/h4-6,11,13-14H,3,7H2,1-2H3. The molecule has 5 heteroatoms. The van der Waals surface area contributed by atoms with Crippen molar-refractivity contribution in [3.8, 4) is 5.75 Å². The van der Waals surface area contributed by atoms with Gasteiger partial charge in [-0.2, -0.15) is 0 Å². The summed E-state index contributed by atoms with van der Waals surface area (Å²) in [6.45, 7) is 2.02. The Kier molecular flexibility index (Phi) is 4.93. The van der Waals surface area contributed by atoms with Gasteiger partial charge in [-0.25, -0.2) is 4.79 Å². The van der Waals surface area contributed by atoms with Gasteiger partial charge in [0.05, 0.1) is 13.2 Å². The van der Waals surface area contributed by atoms with Gasteiger partial charge in [0.25, 0.3) is 0 Å². The van der Waals surface area contributed by atoms with Crippen LogP contribution in [-0.4, -0.2) is 29.9 Å². The zero-order chi connectivity index (χ0) is 12.8. The number of para-hydroxylation sites is 1. The molecule has 0 heterocycles. The summed E-state index contributed by atoms with van der Waals surface area (Å²) < 4.78 is 9.58. The Labute approximate surface area is 99.6 Å². The number of carbonyl (C=O) groups excluding carboxylic acids is 1. The lowest BCUT2D eigenvalue weighted by molar-refractivity contribution is -0.153. The number of methoxy groups -OCH3 is 1. The minimum absolute atomic E-state index is 0.123. The second-order valence-corrected chi connectivity index (χ2v) is 3.44. The summed E-state index contributed by atoms with van der Waals surface area (Å²) in [6.07, 6.45) is -1.48. The smallest absolute Gasteiger partial charge is 0.339 e. The molecule has 0 aliphatic rings. The Balaban J connectivity index is 2.97. The van der Waals surface area contributed by atoms with Gasteiger partial charge >= 0.3 is 5.97 Å². The van der Waals surface area contributed by atoms with Crippen LogP contribution in [0.4, 0.5) is 0 Å². The molecule has 0 spiro atoms. The monoisotopic (exact) mass is 240 g/mol. The van der Waals surface area contributed by atoms with E-state index in [0.29, 0.717) is 5.56 Å². The second kappa shape index (κ2) is 6.22. The van der Waals surface area contributed by atoms with Crippen molar-refractivity contribution in [3.05, 3.63) is 29.3 Å². The number of hydrogen-bond acceptors (Lipinski definition) is 5. The third kappa shape index (κ3) is 3.18. The van der Waals surface area contributed by atoms with Gasteiger partial charge in [0.2, 0.25) is 0 Å². The van der Waals surface area contributed by atoms with E-state index in [-0.39, 0.29) is 24.5 Å². The number of esters is 1. The van der Waals surface area contributed by atoms with Crippen LogP contribution < -0.4 is 0 Å². The van der Waals surface area contributed by atoms with Crippen molar-refractivity contribution in [3.63, 3.8) is 0 Å². The molecule has 0 saturated heterocycles. The molecule has 1 aromatic carbocycles.